The van der Waals surface area contributed by atoms with Gasteiger partial charge in [0, 0.05) is 20.1 Å². The summed E-state index contributed by atoms with van der Waals surface area (Å²) in [5.41, 5.74) is 0. The van der Waals surface area contributed by atoms with Crippen molar-refractivity contribution in [3.05, 3.63) is 0 Å². The Morgan fingerprint density at radius 2 is 2.10 bits per heavy atom. The number of aromatic nitrogens is 3. The highest BCUT2D eigenvalue weighted by molar-refractivity contribution is 8.00. The van der Waals surface area contributed by atoms with Crippen LogP contribution in [-0.2, 0) is 21.3 Å². The van der Waals surface area contributed by atoms with Crippen molar-refractivity contribution in [1.82, 2.24) is 14.8 Å². The minimum atomic E-state index is -0.245. The molecule has 0 spiro atoms. The maximum atomic E-state index is 11.9. The molecule has 1 aliphatic heterocycles. The first kappa shape index (κ1) is 16.1. The van der Waals surface area contributed by atoms with Gasteiger partial charge in [-0.1, -0.05) is 18.7 Å². The molecule has 0 saturated carbocycles. The zero-order valence-electron chi connectivity index (χ0n) is 12.7. The van der Waals surface area contributed by atoms with Crippen LogP contribution in [-0.4, -0.2) is 58.9 Å². The van der Waals surface area contributed by atoms with Gasteiger partial charge in [-0.15, -0.1) is 10.2 Å². The van der Waals surface area contributed by atoms with Gasteiger partial charge in [0.15, 0.2) is 5.16 Å². The van der Waals surface area contributed by atoms with Gasteiger partial charge in [0.1, 0.15) is 5.25 Å². The molecule has 1 aromatic rings. The first-order valence-corrected chi connectivity index (χ1v) is 8.10. The molecule has 0 aromatic carbocycles. The van der Waals surface area contributed by atoms with E-state index >= 15 is 0 Å². The molecule has 0 amide bonds. The summed E-state index contributed by atoms with van der Waals surface area (Å²) in [6, 6.07) is 0. The smallest absolute Gasteiger partial charge is 0.319 e. The Morgan fingerprint density at radius 3 is 2.71 bits per heavy atom. The first-order chi connectivity index (χ1) is 10.2. The highest BCUT2D eigenvalue weighted by Crippen LogP contribution is 2.27. The molecule has 0 aliphatic carbocycles. The van der Waals surface area contributed by atoms with Gasteiger partial charge in [-0.25, -0.2) is 0 Å². The number of anilines is 1. The van der Waals surface area contributed by atoms with E-state index < -0.39 is 0 Å². The second-order valence-electron chi connectivity index (χ2n) is 4.71. The van der Waals surface area contributed by atoms with Crippen LogP contribution in [0.2, 0.25) is 0 Å². The predicted molar refractivity (Wildman–Crippen MR) is 80.6 cm³/mol. The van der Waals surface area contributed by atoms with Crippen molar-refractivity contribution in [2.45, 2.75) is 30.7 Å². The fourth-order valence-corrected chi connectivity index (χ4v) is 3.02. The van der Waals surface area contributed by atoms with Gasteiger partial charge in [-0.3, -0.25) is 9.36 Å². The zero-order valence-corrected chi connectivity index (χ0v) is 13.6. The molecule has 1 aromatic heterocycles. The van der Waals surface area contributed by atoms with Crippen molar-refractivity contribution in [1.29, 1.82) is 0 Å². The lowest BCUT2D eigenvalue weighted by molar-refractivity contribution is -0.142. The van der Waals surface area contributed by atoms with Crippen LogP contribution in [0, 0.1) is 0 Å². The quantitative estimate of drug-likeness (QED) is 0.575. The number of hydrogen-bond donors (Lipinski definition) is 0. The van der Waals surface area contributed by atoms with Crippen LogP contribution in [0.1, 0.15) is 20.3 Å². The average Bonchev–Trinajstić information content (AvgIpc) is 2.86. The first-order valence-electron chi connectivity index (χ1n) is 7.22. The fraction of sp³-hybridized carbons (Fsp3) is 0.769. The molecule has 1 atom stereocenters. The maximum absolute atomic E-state index is 11.9. The van der Waals surface area contributed by atoms with Gasteiger partial charge < -0.3 is 14.4 Å². The van der Waals surface area contributed by atoms with Crippen LogP contribution in [0.5, 0.6) is 0 Å². The highest BCUT2D eigenvalue weighted by atomic mass is 32.2. The minimum absolute atomic E-state index is 0.194. The Balaban J connectivity index is 2.06. The highest BCUT2D eigenvalue weighted by Gasteiger charge is 2.24. The van der Waals surface area contributed by atoms with E-state index in [2.05, 4.69) is 15.1 Å². The number of thioether (sulfide) groups is 1. The molecule has 1 unspecified atom stereocenters. The summed E-state index contributed by atoms with van der Waals surface area (Å²) in [7, 11) is 1.92. The Kier molecular flexibility index (Phi) is 5.86. The lowest BCUT2D eigenvalue weighted by Crippen LogP contribution is -2.37. The van der Waals surface area contributed by atoms with Crippen molar-refractivity contribution in [2.75, 3.05) is 37.8 Å². The second-order valence-corrected chi connectivity index (χ2v) is 5.88. The van der Waals surface area contributed by atoms with E-state index in [1.54, 1.807) is 0 Å². The molecule has 7 nitrogen and oxygen atoms in total. The lowest BCUT2D eigenvalue weighted by Gasteiger charge is -2.27. The van der Waals surface area contributed by atoms with Crippen LogP contribution in [0.4, 0.5) is 5.95 Å². The predicted octanol–water partition coefficient (Wildman–Crippen LogP) is 1.09. The van der Waals surface area contributed by atoms with Crippen molar-refractivity contribution in [2.24, 2.45) is 7.05 Å². The molecule has 8 heteroatoms. The van der Waals surface area contributed by atoms with Crippen molar-refractivity contribution >= 4 is 23.7 Å². The topological polar surface area (TPSA) is 69.5 Å². The third-order valence-corrected chi connectivity index (χ3v) is 4.65. The zero-order chi connectivity index (χ0) is 15.2. The number of carbonyl (C=O) groups excluding carboxylic acids is 1. The average molecular weight is 314 g/mol. The third-order valence-electron chi connectivity index (χ3n) is 3.27. The van der Waals surface area contributed by atoms with Crippen LogP contribution < -0.4 is 4.90 Å². The molecule has 1 fully saturated rings. The normalized spacial score (nSPS) is 16.8. The second kappa shape index (κ2) is 7.65. The van der Waals surface area contributed by atoms with Crippen molar-refractivity contribution in [3.8, 4) is 0 Å². The molecule has 1 aliphatic rings. The van der Waals surface area contributed by atoms with E-state index in [1.807, 2.05) is 25.5 Å². The molecule has 2 heterocycles. The largest absolute Gasteiger partial charge is 0.465 e. The van der Waals surface area contributed by atoms with Gasteiger partial charge in [-0.2, -0.15) is 0 Å². The molecule has 0 bridgehead atoms. The number of nitrogens with zero attached hydrogens (tertiary/aromatic N) is 4. The van der Waals surface area contributed by atoms with E-state index in [4.69, 9.17) is 9.47 Å². The fourth-order valence-electron chi connectivity index (χ4n) is 2.11. The number of ether oxygens (including phenoxy) is 2. The third kappa shape index (κ3) is 3.88. The summed E-state index contributed by atoms with van der Waals surface area (Å²) >= 11 is 1.41. The van der Waals surface area contributed by atoms with E-state index in [0.717, 1.165) is 24.2 Å². The van der Waals surface area contributed by atoms with Gasteiger partial charge in [0.05, 0.1) is 19.8 Å². The molecule has 0 radical (unpaired) electrons. The summed E-state index contributed by atoms with van der Waals surface area (Å²) in [4.78, 5) is 14.0. The number of rotatable bonds is 6. The SMILES string of the molecule is CCOC(=O)C(CC)Sc1nnc(N2CCOCC2)n1C. The monoisotopic (exact) mass is 314 g/mol. The standard InChI is InChI=1S/C13H22N4O3S/c1-4-10(11(18)20-5-2)21-13-15-14-12(16(13)3)17-6-8-19-9-7-17/h10H,4-9H2,1-3H3. The number of morpholine rings is 1. The van der Waals surface area contributed by atoms with Crippen LogP contribution in [0.15, 0.2) is 5.16 Å². The molecule has 21 heavy (non-hydrogen) atoms. The van der Waals surface area contributed by atoms with E-state index in [1.165, 1.54) is 11.8 Å². The van der Waals surface area contributed by atoms with Crippen LogP contribution in [0.3, 0.4) is 0 Å². The molecule has 1 saturated heterocycles. The number of esters is 1. The Hall–Kier alpha value is -1.28. The summed E-state index contributed by atoms with van der Waals surface area (Å²) in [6.45, 7) is 7.21. The van der Waals surface area contributed by atoms with E-state index in [9.17, 15) is 4.79 Å². The Morgan fingerprint density at radius 1 is 1.38 bits per heavy atom. The Bertz CT molecular complexity index is 474. The maximum Gasteiger partial charge on any atom is 0.319 e. The van der Waals surface area contributed by atoms with E-state index in [0.29, 0.717) is 26.2 Å². The van der Waals surface area contributed by atoms with Gasteiger partial charge in [0.25, 0.3) is 0 Å². The summed E-state index contributed by atoms with van der Waals surface area (Å²) in [5.74, 6) is 0.625. The summed E-state index contributed by atoms with van der Waals surface area (Å²) < 4.78 is 12.4. The molecule has 118 valence electrons. The van der Waals surface area contributed by atoms with Gasteiger partial charge in [0.2, 0.25) is 5.95 Å². The summed E-state index contributed by atoms with van der Waals surface area (Å²) in [6.07, 6.45) is 0.698. The van der Waals surface area contributed by atoms with Gasteiger partial charge >= 0.3 is 5.97 Å². The van der Waals surface area contributed by atoms with Crippen molar-refractivity contribution in [3.63, 3.8) is 0 Å². The number of carbonyl (C=O) groups is 1. The molecule has 2 rings (SSSR count). The van der Waals surface area contributed by atoms with Gasteiger partial charge in [-0.05, 0) is 13.3 Å². The molecular weight excluding hydrogens is 292 g/mol. The van der Waals surface area contributed by atoms with Crippen LogP contribution in [0.25, 0.3) is 0 Å². The Labute approximate surface area is 129 Å². The summed E-state index contributed by atoms with van der Waals surface area (Å²) in [5, 5.41) is 8.94. The minimum Gasteiger partial charge on any atom is -0.465 e. The molecular formula is C13H22N4O3S. The lowest BCUT2D eigenvalue weighted by atomic mass is 10.3. The van der Waals surface area contributed by atoms with Crippen molar-refractivity contribution < 1.29 is 14.3 Å². The molecule has 0 N–H and O–H groups in total. The van der Waals surface area contributed by atoms with E-state index in [-0.39, 0.29) is 11.2 Å². The van der Waals surface area contributed by atoms with Crippen LogP contribution >= 0.6 is 11.8 Å². The number of hydrogen-bond acceptors (Lipinski definition) is 7.